The monoisotopic (exact) mass is 240 g/mol. The van der Waals surface area contributed by atoms with E-state index in [1.54, 1.807) is 19.1 Å². The molecule has 0 N–H and O–H groups in total. The van der Waals surface area contributed by atoms with Gasteiger partial charge in [0.25, 0.3) is 0 Å². The van der Waals surface area contributed by atoms with E-state index in [1.165, 1.54) is 6.26 Å². The molecule has 0 saturated carbocycles. The highest BCUT2D eigenvalue weighted by atomic mass is 16.7. The summed E-state index contributed by atoms with van der Waals surface area (Å²) in [7, 11) is 0. The van der Waals surface area contributed by atoms with Gasteiger partial charge in [-0.1, -0.05) is 0 Å². The molecule has 1 saturated heterocycles. The smallest absolute Gasteiger partial charge is 0.466 e. The molecule has 1 aliphatic heterocycles. The standard InChI is InChI=1S/C11H12O6/c1-11(6-16-10(13)17-7-11)9(12)15-5-8-3-2-4-14-8/h2-4H,5-7H2,1H3. The fourth-order valence-corrected chi connectivity index (χ4v) is 1.34. The molecule has 17 heavy (non-hydrogen) atoms. The average Bonchev–Trinajstić information content (AvgIpc) is 2.83. The fraction of sp³-hybridized carbons (Fsp3) is 0.455. The van der Waals surface area contributed by atoms with E-state index in [4.69, 9.17) is 9.15 Å². The van der Waals surface area contributed by atoms with Crippen LogP contribution in [0.2, 0.25) is 0 Å². The number of hydrogen-bond acceptors (Lipinski definition) is 6. The molecule has 2 heterocycles. The van der Waals surface area contributed by atoms with Crippen LogP contribution in [0, 0.1) is 5.41 Å². The first-order chi connectivity index (χ1) is 8.10. The summed E-state index contributed by atoms with van der Waals surface area (Å²) in [5, 5.41) is 0. The number of furan rings is 1. The molecule has 1 fully saturated rings. The third-order valence-electron chi connectivity index (χ3n) is 2.44. The number of ether oxygens (including phenoxy) is 3. The Hall–Kier alpha value is -1.98. The first-order valence-electron chi connectivity index (χ1n) is 5.09. The lowest BCUT2D eigenvalue weighted by atomic mass is 9.93. The van der Waals surface area contributed by atoms with E-state index in [-0.39, 0.29) is 19.8 Å². The maximum absolute atomic E-state index is 11.8. The Morgan fingerprint density at radius 1 is 1.47 bits per heavy atom. The second-order valence-corrected chi connectivity index (χ2v) is 4.04. The molecule has 6 nitrogen and oxygen atoms in total. The lowest BCUT2D eigenvalue weighted by Crippen LogP contribution is -2.44. The van der Waals surface area contributed by atoms with Gasteiger partial charge >= 0.3 is 12.1 Å². The molecular weight excluding hydrogens is 228 g/mol. The van der Waals surface area contributed by atoms with Crippen molar-refractivity contribution in [2.24, 2.45) is 5.41 Å². The summed E-state index contributed by atoms with van der Waals surface area (Å²) < 4.78 is 19.4. The Labute approximate surface area is 97.4 Å². The number of hydrogen-bond donors (Lipinski definition) is 0. The normalized spacial score (nSPS) is 18.1. The van der Waals surface area contributed by atoms with Crippen molar-refractivity contribution in [1.29, 1.82) is 0 Å². The summed E-state index contributed by atoms with van der Waals surface area (Å²) in [4.78, 5) is 22.5. The zero-order valence-corrected chi connectivity index (χ0v) is 9.30. The van der Waals surface area contributed by atoms with Crippen molar-refractivity contribution < 1.29 is 28.2 Å². The molecular formula is C11H12O6. The first kappa shape index (κ1) is 11.5. The van der Waals surface area contributed by atoms with E-state index in [1.807, 2.05) is 0 Å². The van der Waals surface area contributed by atoms with Crippen LogP contribution in [-0.4, -0.2) is 25.3 Å². The second kappa shape index (κ2) is 4.48. The van der Waals surface area contributed by atoms with Crippen LogP contribution in [-0.2, 0) is 25.6 Å². The van der Waals surface area contributed by atoms with E-state index in [2.05, 4.69) is 9.47 Å². The minimum Gasteiger partial charge on any atom is -0.466 e. The second-order valence-electron chi connectivity index (χ2n) is 4.04. The Kier molecular flexibility index (Phi) is 3.03. The average molecular weight is 240 g/mol. The molecule has 6 heteroatoms. The first-order valence-corrected chi connectivity index (χ1v) is 5.09. The number of carbonyl (C=O) groups excluding carboxylic acids is 2. The molecule has 0 amide bonds. The van der Waals surface area contributed by atoms with Crippen molar-refractivity contribution in [2.75, 3.05) is 13.2 Å². The van der Waals surface area contributed by atoms with Crippen LogP contribution in [0.3, 0.4) is 0 Å². The van der Waals surface area contributed by atoms with E-state index >= 15 is 0 Å². The molecule has 0 unspecified atom stereocenters. The Balaban J connectivity index is 1.88. The van der Waals surface area contributed by atoms with Gasteiger partial charge in [-0.3, -0.25) is 4.79 Å². The molecule has 0 aromatic carbocycles. The molecule has 1 aromatic rings. The van der Waals surface area contributed by atoms with Crippen LogP contribution in [0.4, 0.5) is 4.79 Å². The van der Waals surface area contributed by atoms with Crippen LogP contribution in [0.25, 0.3) is 0 Å². The van der Waals surface area contributed by atoms with Gasteiger partial charge in [-0.2, -0.15) is 0 Å². The van der Waals surface area contributed by atoms with Gasteiger partial charge < -0.3 is 18.6 Å². The molecule has 0 aliphatic carbocycles. The van der Waals surface area contributed by atoms with Gasteiger partial charge in [-0.05, 0) is 19.1 Å². The van der Waals surface area contributed by atoms with Crippen LogP contribution >= 0.6 is 0 Å². The molecule has 1 aromatic heterocycles. The van der Waals surface area contributed by atoms with E-state index in [0.717, 1.165) is 0 Å². The highest BCUT2D eigenvalue weighted by Crippen LogP contribution is 2.24. The highest BCUT2D eigenvalue weighted by molar-refractivity contribution is 5.78. The van der Waals surface area contributed by atoms with E-state index in [0.29, 0.717) is 5.76 Å². The van der Waals surface area contributed by atoms with Crippen LogP contribution in [0.5, 0.6) is 0 Å². The van der Waals surface area contributed by atoms with E-state index < -0.39 is 17.5 Å². The lowest BCUT2D eigenvalue weighted by Gasteiger charge is -2.29. The van der Waals surface area contributed by atoms with Gasteiger partial charge in [0.1, 0.15) is 31.0 Å². The predicted octanol–water partition coefficient (Wildman–Crippen LogP) is 1.50. The number of cyclic esters (lactones) is 2. The van der Waals surface area contributed by atoms with Crippen molar-refractivity contribution in [3.05, 3.63) is 24.2 Å². The van der Waals surface area contributed by atoms with Gasteiger partial charge in [0, 0.05) is 0 Å². The molecule has 1 aliphatic rings. The van der Waals surface area contributed by atoms with E-state index in [9.17, 15) is 9.59 Å². The quantitative estimate of drug-likeness (QED) is 0.745. The largest absolute Gasteiger partial charge is 0.508 e. The number of carbonyl (C=O) groups is 2. The summed E-state index contributed by atoms with van der Waals surface area (Å²) in [6.45, 7) is 1.59. The Morgan fingerprint density at radius 2 is 2.18 bits per heavy atom. The van der Waals surface area contributed by atoms with Crippen molar-refractivity contribution in [2.45, 2.75) is 13.5 Å². The highest BCUT2D eigenvalue weighted by Gasteiger charge is 2.41. The van der Waals surface area contributed by atoms with Gasteiger partial charge in [0.15, 0.2) is 0 Å². The maximum Gasteiger partial charge on any atom is 0.508 e. The minimum absolute atomic E-state index is 0.0389. The molecule has 0 atom stereocenters. The molecule has 0 bridgehead atoms. The van der Waals surface area contributed by atoms with Crippen molar-refractivity contribution >= 4 is 12.1 Å². The molecule has 0 radical (unpaired) electrons. The maximum atomic E-state index is 11.8. The van der Waals surface area contributed by atoms with Gasteiger partial charge in [0.05, 0.1) is 6.26 Å². The summed E-state index contributed by atoms with van der Waals surface area (Å²) >= 11 is 0. The van der Waals surface area contributed by atoms with Gasteiger partial charge in [0.2, 0.25) is 0 Å². The van der Waals surface area contributed by atoms with Crippen LogP contribution < -0.4 is 0 Å². The summed E-state index contributed by atoms with van der Waals surface area (Å²) in [5.41, 5.74) is -0.958. The van der Waals surface area contributed by atoms with Crippen molar-refractivity contribution in [3.8, 4) is 0 Å². The summed E-state index contributed by atoms with van der Waals surface area (Å²) in [6, 6.07) is 3.41. The molecule has 0 spiro atoms. The number of esters is 1. The topological polar surface area (TPSA) is 75.0 Å². The van der Waals surface area contributed by atoms with Gasteiger partial charge in [-0.15, -0.1) is 0 Å². The Morgan fingerprint density at radius 3 is 2.76 bits per heavy atom. The zero-order chi connectivity index (χ0) is 12.3. The summed E-state index contributed by atoms with van der Waals surface area (Å²) in [5.74, 6) is 0.0667. The lowest BCUT2D eigenvalue weighted by molar-refractivity contribution is -0.167. The fourth-order valence-electron chi connectivity index (χ4n) is 1.34. The third kappa shape index (κ3) is 2.58. The zero-order valence-electron chi connectivity index (χ0n) is 9.30. The predicted molar refractivity (Wildman–Crippen MR) is 53.9 cm³/mol. The van der Waals surface area contributed by atoms with Crippen molar-refractivity contribution in [1.82, 2.24) is 0 Å². The number of rotatable bonds is 3. The van der Waals surface area contributed by atoms with Crippen LogP contribution in [0.1, 0.15) is 12.7 Å². The molecule has 92 valence electrons. The van der Waals surface area contributed by atoms with Crippen molar-refractivity contribution in [3.63, 3.8) is 0 Å². The summed E-state index contributed by atoms with van der Waals surface area (Å²) in [6.07, 6.45) is 0.734. The minimum atomic E-state index is -0.958. The Bertz CT molecular complexity index is 398. The SMILES string of the molecule is CC1(C(=O)OCc2ccco2)COC(=O)OC1. The van der Waals surface area contributed by atoms with Crippen LogP contribution in [0.15, 0.2) is 22.8 Å². The molecule has 2 rings (SSSR count). The van der Waals surface area contributed by atoms with Gasteiger partial charge in [-0.25, -0.2) is 4.79 Å². The third-order valence-corrected chi connectivity index (χ3v) is 2.44.